The van der Waals surface area contributed by atoms with Crippen molar-refractivity contribution in [3.63, 3.8) is 0 Å². The largest absolute Gasteiger partial charge is 0.317 e. The minimum Gasteiger partial charge on any atom is -0.317 e. The van der Waals surface area contributed by atoms with Crippen molar-refractivity contribution in [1.82, 2.24) is 15.3 Å². The fraction of sp³-hybridized carbons (Fsp3) is 0.571. The molecule has 1 fully saturated rings. The minimum atomic E-state index is -0.00115. The van der Waals surface area contributed by atoms with Crippen LogP contribution in [0, 0.1) is 5.92 Å². The summed E-state index contributed by atoms with van der Waals surface area (Å²) in [5.41, 5.74) is -0.00115. The van der Waals surface area contributed by atoms with E-state index in [1.807, 2.05) is 6.07 Å². The Labute approximate surface area is 126 Å². The summed E-state index contributed by atoms with van der Waals surface area (Å²) in [6, 6.07) is 1.97. The Kier molecular flexibility index (Phi) is 4.43. The van der Waals surface area contributed by atoms with Crippen LogP contribution in [0.5, 0.6) is 0 Å². The lowest BCUT2D eigenvalue weighted by atomic mass is 10.0. The van der Waals surface area contributed by atoms with E-state index in [0.717, 1.165) is 46.6 Å². The molecule has 6 heteroatoms. The Morgan fingerprint density at radius 3 is 3.00 bits per heavy atom. The van der Waals surface area contributed by atoms with E-state index in [-0.39, 0.29) is 5.56 Å². The standard InChI is InChI=1S/C14H19N3OS2/c1-2-10-7-11-12(18)16-14(17-13(11)20-10)19-8-9-3-5-15-6-4-9/h7,9,15H,2-6,8H2,1H3,(H,16,17,18). The second-order valence-electron chi connectivity index (χ2n) is 5.16. The molecule has 1 aliphatic rings. The minimum absolute atomic E-state index is 0.00115. The van der Waals surface area contributed by atoms with E-state index in [4.69, 9.17) is 0 Å². The molecule has 3 rings (SSSR count). The average molecular weight is 309 g/mol. The number of thioether (sulfide) groups is 1. The monoisotopic (exact) mass is 309 g/mol. The normalized spacial score (nSPS) is 16.9. The van der Waals surface area contributed by atoms with Crippen LogP contribution in [-0.4, -0.2) is 28.8 Å². The maximum absolute atomic E-state index is 12.1. The molecule has 2 aromatic rings. The van der Waals surface area contributed by atoms with E-state index in [0.29, 0.717) is 0 Å². The van der Waals surface area contributed by atoms with Crippen LogP contribution >= 0.6 is 23.1 Å². The first kappa shape index (κ1) is 14.1. The lowest BCUT2D eigenvalue weighted by Crippen LogP contribution is -2.28. The average Bonchev–Trinajstić information content (AvgIpc) is 2.90. The summed E-state index contributed by atoms with van der Waals surface area (Å²) in [5.74, 6) is 1.78. The second kappa shape index (κ2) is 6.28. The van der Waals surface area contributed by atoms with Crippen LogP contribution in [0.3, 0.4) is 0 Å². The van der Waals surface area contributed by atoms with Gasteiger partial charge in [0, 0.05) is 10.6 Å². The van der Waals surface area contributed by atoms with Gasteiger partial charge in [0.05, 0.1) is 5.39 Å². The van der Waals surface area contributed by atoms with Crippen molar-refractivity contribution in [2.24, 2.45) is 5.92 Å². The third kappa shape index (κ3) is 3.07. The number of hydrogen-bond acceptors (Lipinski definition) is 5. The molecule has 0 amide bonds. The van der Waals surface area contributed by atoms with Crippen LogP contribution in [0.15, 0.2) is 16.0 Å². The molecule has 0 spiro atoms. The summed E-state index contributed by atoms with van der Waals surface area (Å²) in [4.78, 5) is 21.7. The number of thiophene rings is 1. The van der Waals surface area contributed by atoms with Gasteiger partial charge in [0.15, 0.2) is 5.16 Å². The Balaban J connectivity index is 1.76. The second-order valence-corrected chi connectivity index (χ2v) is 7.28. The van der Waals surface area contributed by atoms with Crippen molar-refractivity contribution in [2.75, 3.05) is 18.8 Å². The van der Waals surface area contributed by atoms with Crippen LogP contribution in [0.4, 0.5) is 0 Å². The molecule has 0 bridgehead atoms. The summed E-state index contributed by atoms with van der Waals surface area (Å²) in [7, 11) is 0. The molecule has 1 aliphatic heterocycles. The highest BCUT2D eigenvalue weighted by Gasteiger charge is 2.14. The van der Waals surface area contributed by atoms with Gasteiger partial charge in [-0.3, -0.25) is 4.79 Å². The fourth-order valence-corrected chi connectivity index (χ4v) is 4.52. The van der Waals surface area contributed by atoms with Crippen LogP contribution in [0.1, 0.15) is 24.6 Å². The van der Waals surface area contributed by atoms with Gasteiger partial charge in [0.25, 0.3) is 5.56 Å². The highest BCUT2D eigenvalue weighted by Crippen LogP contribution is 2.26. The van der Waals surface area contributed by atoms with E-state index in [1.54, 1.807) is 23.1 Å². The van der Waals surface area contributed by atoms with Crippen LogP contribution < -0.4 is 10.9 Å². The SMILES string of the molecule is CCc1cc2c(=O)[nH]c(SCC3CCNCC3)nc2s1. The van der Waals surface area contributed by atoms with Gasteiger partial charge >= 0.3 is 0 Å². The number of hydrogen-bond donors (Lipinski definition) is 2. The summed E-state index contributed by atoms with van der Waals surface area (Å²) in [6.45, 7) is 4.32. The molecule has 0 atom stereocenters. The zero-order chi connectivity index (χ0) is 13.9. The molecular weight excluding hydrogens is 290 g/mol. The summed E-state index contributed by atoms with van der Waals surface area (Å²) >= 11 is 3.32. The maximum Gasteiger partial charge on any atom is 0.260 e. The number of rotatable bonds is 4. The number of aromatic amines is 1. The first-order chi connectivity index (χ1) is 9.76. The van der Waals surface area contributed by atoms with Gasteiger partial charge in [-0.25, -0.2) is 4.98 Å². The molecule has 0 saturated carbocycles. The summed E-state index contributed by atoms with van der Waals surface area (Å²) < 4.78 is 0. The first-order valence-electron chi connectivity index (χ1n) is 7.12. The molecule has 0 radical (unpaired) electrons. The zero-order valence-corrected chi connectivity index (χ0v) is 13.2. The topological polar surface area (TPSA) is 57.8 Å². The smallest absolute Gasteiger partial charge is 0.260 e. The molecule has 0 aromatic carbocycles. The molecule has 1 saturated heterocycles. The maximum atomic E-state index is 12.1. The molecular formula is C14H19N3OS2. The first-order valence-corrected chi connectivity index (χ1v) is 8.92. The van der Waals surface area contributed by atoms with E-state index in [1.165, 1.54) is 17.7 Å². The van der Waals surface area contributed by atoms with Crippen molar-refractivity contribution in [3.05, 3.63) is 21.3 Å². The number of fused-ring (bicyclic) bond motifs is 1. The molecule has 3 heterocycles. The molecule has 108 valence electrons. The van der Waals surface area contributed by atoms with Crippen molar-refractivity contribution >= 4 is 33.3 Å². The molecule has 2 aromatic heterocycles. The number of piperidine rings is 1. The summed E-state index contributed by atoms with van der Waals surface area (Å²) in [6.07, 6.45) is 3.40. The van der Waals surface area contributed by atoms with E-state index in [2.05, 4.69) is 22.2 Å². The number of nitrogens with one attached hydrogen (secondary N) is 2. The van der Waals surface area contributed by atoms with Crippen molar-refractivity contribution in [2.45, 2.75) is 31.3 Å². The number of nitrogens with zero attached hydrogens (tertiary/aromatic N) is 1. The quantitative estimate of drug-likeness (QED) is 0.673. The number of aryl methyl sites for hydroxylation is 1. The van der Waals surface area contributed by atoms with Crippen molar-refractivity contribution in [3.8, 4) is 0 Å². The predicted molar refractivity (Wildman–Crippen MR) is 85.9 cm³/mol. The Morgan fingerprint density at radius 1 is 1.45 bits per heavy atom. The zero-order valence-electron chi connectivity index (χ0n) is 11.6. The van der Waals surface area contributed by atoms with Crippen LogP contribution in [0.25, 0.3) is 10.2 Å². The van der Waals surface area contributed by atoms with Gasteiger partial charge in [-0.2, -0.15) is 0 Å². The van der Waals surface area contributed by atoms with Crippen LogP contribution in [-0.2, 0) is 6.42 Å². The van der Waals surface area contributed by atoms with Gasteiger partial charge in [0.1, 0.15) is 4.83 Å². The Morgan fingerprint density at radius 2 is 2.25 bits per heavy atom. The van der Waals surface area contributed by atoms with Crippen LogP contribution in [0.2, 0.25) is 0 Å². The Bertz CT molecular complexity index is 643. The molecule has 0 aliphatic carbocycles. The third-order valence-electron chi connectivity index (χ3n) is 3.69. The molecule has 2 N–H and O–H groups in total. The number of H-pyrrole nitrogens is 1. The van der Waals surface area contributed by atoms with Gasteiger partial charge in [0.2, 0.25) is 0 Å². The van der Waals surface area contributed by atoms with Gasteiger partial charge < -0.3 is 10.3 Å². The fourth-order valence-electron chi connectivity index (χ4n) is 2.45. The third-order valence-corrected chi connectivity index (χ3v) is 5.97. The number of aromatic nitrogens is 2. The molecule has 20 heavy (non-hydrogen) atoms. The molecule has 4 nitrogen and oxygen atoms in total. The highest BCUT2D eigenvalue weighted by molar-refractivity contribution is 7.99. The van der Waals surface area contributed by atoms with Gasteiger partial charge in [-0.1, -0.05) is 18.7 Å². The van der Waals surface area contributed by atoms with Crippen molar-refractivity contribution in [1.29, 1.82) is 0 Å². The van der Waals surface area contributed by atoms with Crippen molar-refractivity contribution < 1.29 is 0 Å². The lowest BCUT2D eigenvalue weighted by Gasteiger charge is -2.21. The van der Waals surface area contributed by atoms with E-state index >= 15 is 0 Å². The van der Waals surface area contributed by atoms with E-state index < -0.39 is 0 Å². The lowest BCUT2D eigenvalue weighted by molar-refractivity contribution is 0.407. The molecule has 0 unspecified atom stereocenters. The highest BCUT2D eigenvalue weighted by atomic mass is 32.2. The predicted octanol–water partition coefficient (Wildman–Crippen LogP) is 2.64. The van der Waals surface area contributed by atoms with Gasteiger partial charge in [-0.15, -0.1) is 11.3 Å². The Hall–Kier alpha value is -0.850. The van der Waals surface area contributed by atoms with E-state index in [9.17, 15) is 4.79 Å². The summed E-state index contributed by atoms with van der Waals surface area (Å²) in [5, 5.41) is 4.88. The van der Waals surface area contributed by atoms with Gasteiger partial charge in [-0.05, 0) is 44.3 Å².